The molecule has 4 heteroatoms. The first-order chi connectivity index (χ1) is 14.2. The average molecular weight is 414 g/mol. The minimum absolute atomic E-state index is 0.115. The molecular formula is C25H19NOS2. The second kappa shape index (κ2) is 7.62. The van der Waals surface area contributed by atoms with Crippen LogP contribution in [0.1, 0.15) is 32.4 Å². The summed E-state index contributed by atoms with van der Waals surface area (Å²) in [7, 11) is 0. The molecule has 0 radical (unpaired) electrons. The zero-order valence-corrected chi connectivity index (χ0v) is 17.6. The van der Waals surface area contributed by atoms with Crippen molar-refractivity contribution in [3.05, 3.63) is 101 Å². The number of thioether (sulfide) groups is 1. The summed E-state index contributed by atoms with van der Waals surface area (Å²) in [6, 6.07) is 27.1. The maximum absolute atomic E-state index is 13.0. The number of hydrogen-bond acceptors (Lipinski definition) is 4. The van der Waals surface area contributed by atoms with Gasteiger partial charge in [-0.05, 0) is 29.2 Å². The number of thiazole rings is 1. The Bertz CT molecular complexity index is 1150. The molecule has 0 saturated heterocycles. The number of nitrogens with zero attached hydrogens (tertiary/aromatic N) is 1. The van der Waals surface area contributed by atoms with Crippen LogP contribution in [0.3, 0.4) is 0 Å². The standard InChI is InChI=1S/C25H19NOS2/c1-16-23(29-24(26-16)17-9-3-2-4-10-17)25(27)28-15-22-20-13-7-5-11-18(20)19-12-6-8-14-21(19)22/h2-14,22H,15H2,1H3. The maximum atomic E-state index is 13.0. The van der Waals surface area contributed by atoms with Crippen LogP contribution in [0.2, 0.25) is 0 Å². The molecule has 0 spiro atoms. The van der Waals surface area contributed by atoms with Crippen molar-refractivity contribution in [3.8, 4) is 21.7 Å². The summed E-state index contributed by atoms with van der Waals surface area (Å²) in [4.78, 5) is 18.4. The lowest BCUT2D eigenvalue weighted by Gasteiger charge is -2.12. The van der Waals surface area contributed by atoms with Crippen molar-refractivity contribution in [3.63, 3.8) is 0 Å². The van der Waals surface area contributed by atoms with Gasteiger partial charge in [0.05, 0.1) is 5.69 Å². The summed E-state index contributed by atoms with van der Waals surface area (Å²) < 4.78 is 0. The molecule has 4 aromatic rings. The molecule has 1 aliphatic rings. The highest BCUT2D eigenvalue weighted by Gasteiger charge is 2.29. The molecule has 0 fully saturated rings. The molecule has 0 amide bonds. The average Bonchev–Trinajstić information content (AvgIpc) is 3.31. The van der Waals surface area contributed by atoms with E-state index in [1.54, 1.807) is 0 Å². The first-order valence-corrected chi connectivity index (χ1v) is 11.4. The number of aryl methyl sites for hydroxylation is 1. The zero-order chi connectivity index (χ0) is 19.8. The van der Waals surface area contributed by atoms with E-state index in [2.05, 4.69) is 53.5 Å². The lowest BCUT2D eigenvalue weighted by molar-refractivity contribution is 0.109. The number of hydrogen-bond donors (Lipinski definition) is 0. The van der Waals surface area contributed by atoms with E-state index in [-0.39, 0.29) is 11.0 Å². The summed E-state index contributed by atoms with van der Waals surface area (Å²) in [6.45, 7) is 1.93. The monoisotopic (exact) mass is 413 g/mol. The van der Waals surface area contributed by atoms with Crippen LogP contribution in [0.25, 0.3) is 21.7 Å². The largest absolute Gasteiger partial charge is 0.281 e. The van der Waals surface area contributed by atoms with Crippen molar-refractivity contribution in [2.24, 2.45) is 0 Å². The van der Waals surface area contributed by atoms with Crippen molar-refractivity contribution < 1.29 is 4.79 Å². The summed E-state index contributed by atoms with van der Waals surface area (Å²) >= 11 is 2.90. The van der Waals surface area contributed by atoms with Crippen LogP contribution in [0.5, 0.6) is 0 Å². The van der Waals surface area contributed by atoms with E-state index in [1.165, 1.54) is 45.4 Å². The summed E-state index contributed by atoms with van der Waals surface area (Å²) in [5, 5.41) is 1.02. The van der Waals surface area contributed by atoms with Crippen molar-refractivity contribution >= 4 is 28.2 Å². The fourth-order valence-corrected chi connectivity index (χ4v) is 6.12. The van der Waals surface area contributed by atoms with E-state index in [4.69, 9.17) is 0 Å². The fourth-order valence-electron chi connectivity index (χ4n) is 3.95. The fraction of sp³-hybridized carbons (Fsp3) is 0.120. The van der Waals surface area contributed by atoms with E-state index in [0.717, 1.165) is 26.9 Å². The number of carbonyl (C=O) groups excluding carboxylic acids is 1. The van der Waals surface area contributed by atoms with Crippen LogP contribution >= 0.6 is 23.1 Å². The highest BCUT2D eigenvalue weighted by Crippen LogP contribution is 2.46. The second-order valence-corrected chi connectivity index (χ2v) is 9.12. The van der Waals surface area contributed by atoms with Gasteiger partial charge in [-0.1, -0.05) is 90.6 Å². The normalized spacial score (nSPS) is 12.6. The molecule has 29 heavy (non-hydrogen) atoms. The van der Waals surface area contributed by atoms with Crippen molar-refractivity contribution in [2.45, 2.75) is 12.8 Å². The number of fused-ring (bicyclic) bond motifs is 3. The third-order valence-corrected chi connectivity index (χ3v) is 7.65. The van der Waals surface area contributed by atoms with E-state index in [9.17, 15) is 4.79 Å². The van der Waals surface area contributed by atoms with Crippen LogP contribution in [-0.2, 0) is 0 Å². The van der Waals surface area contributed by atoms with Gasteiger partial charge < -0.3 is 0 Å². The second-order valence-electron chi connectivity index (χ2n) is 7.13. The SMILES string of the molecule is Cc1nc(-c2ccccc2)sc1C(=O)SCC1c2ccccc2-c2ccccc21. The van der Waals surface area contributed by atoms with Crippen molar-refractivity contribution in [1.29, 1.82) is 0 Å². The molecule has 5 rings (SSSR count). The van der Waals surface area contributed by atoms with Gasteiger partial charge in [-0.25, -0.2) is 4.98 Å². The summed E-state index contributed by atoms with van der Waals surface area (Å²) in [5.74, 6) is 0.989. The van der Waals surface area contributed by atoms with Gasteiger partial charge in [0.15, 0.2) is 0 Å². The van der Waals surface area contributed by atoms with Gasteiger partial charge in [0, 0.05) is 17.2 Å². The molecule has 2 nitrogen and oxygen atoms in total. The smallest absolute Gasteiger partial charge is 0.231 e. The number of carbonyl (C=O) groups is 1. The predicted octanol–water partition coefficient (Wildman–Crippen LogP) is 6.80. The molecule has 1 heterocycles. The molecule has 0 bridgehead atoms. The Hall–Kier alpha value is -2.69. The molecule has 1 aliphatic carbocycles. The molecule has 0 N–H and O–H groups in total. The van der Waals surface area contributed by atoms with Crippen LogP contribution in [0.15, 0.2) is 78.9 Å². The minimum Gasteiger partial charge on any atom is -0.281 e. The van der Waals surface area contributed by atoms with Gasteiger partial charge in [0.25, 0.3) is 0 Å². The van der Waals surface area contributed by atoms with Gasteiger partial charge >= 0.3 is 0 Å². The molecule has 0 atom stereocenters. The van der Waals surface area contributed by atoms with Crippen LogP contribution in [-0.4, -0.2) is 15.9 Å². The van der Waals surface area contributed by atoms with Crippen molar-refractivity contribution in [1.82, 2.24) is 4.98 Å². The molecule has 142 valence electrons. The van der Waals surface area contributed by atoms with Gasteiger partial charge in [-0.3, -0.25) is 4.79 Å². The summed E-state index contributed by atoms with van der Waals surface area (Å²) in [6.07, 6.45) is 0. The number of aromatic nitrogens is 1. The topological polar surface area (TPSA) is 30.0 Å². The minimum atomic E-state index is 0.115. The van der Waals surface area contributed by atoms with Crippen LogP contribution in [0, 0.1) is 6.92 Å². The predicted molar refractivity (Wildman–Crippen MR) is 123 cm³/mol. The van der Waals surface area contributed by atoms with Gasteiger partial charge in [-0.2, -0.15) is 0 Å². The quantitative estimate of drug-likeness (QED) is 0.368. The molecular weight excluding hydrogens is 394 g/mol. The zero-order valence-electron chi connectivity index (χ0n) is 16.0. The van der Waals surface area contributed by atoms with E-state index >= 15 is 0 Å². The molecule has 0 unspecified atom stereocenters. The van der Waals surface area contributed by atoms with Gasteiger partial charge in [0.2, 0.25) is 5.12 Å². The van der Waals surface area contributed by atoms with E-state index in [0.29, 0.717) is 0 Å². The highest BCUT2D eigenvalue weighted by atomic mass is 32.2. The van der Waals surface area contributed by atoms with Crippen molar-refractivity contribution in [2.75, 3.05) is 5.75 Å². The Morgan fingerprint density at radius 3 is 2.14 bits per heavy atom. The molecule has 1 aromatic heterocycles. The lowest BCUT2D eigenvalue weighted by Crippen LogP contribution is -2.03. The Balaban J connectivity index is 1.39. The van der Waals surface area contributed by atoms with E-state index < -0.39 is 0 Å². The third kappa shape index (κ3) is 3.33. The van der Waals surface area contributed by atoms with Gasteiger partial charge in [-0.15, -0.1) is 11.3 Å². The van der Waals surface area contributed by atoms with Crippen LogP contribution < -0.4 is 0 Å². The maximum Gasteiger partial charge on any atom is 0.231 e. The Kier molecular flexibility index (Phi) is 4.82. The summed E-state index contributed by atoms with van der Waals surface area (Å²) in [5.41, 5.74) is 7.10. The van der Waals surface area contributed by atoms with Crippen LogP contribution in [0.4, 0.5) is 0 Å². The first-order valence-electron chi connectivity index (χ1n) is 9.60. The highest BCUT2D eigenvalue weighted by molar-refractivity contribution is 8.14. The number of rotatable bonds is 4. The first kappa shape index (κ1) is 18.3. The molecule has 0 aliphatic heterocycles. The van der Waals surface area contributed by atoms with Gasteiger partial charge in [0.1, 0.15) is 9.88 Å². The number of benzene rings is 3. The Labute approximate surface area is 178 Å². The van der Waals surface area contributed by atoms with E-state index in [1.807, 2.05) is 37.3 Å². The molecule has 0 saturated carbocycles. The lowest BCUT2D eigenvalue weighted by atomic mass is 9.99. The Morgan fingerprint density at radius 2 is 1.48 bits per heavy atom. The molecule has 3 aromatic carbocycles. The third-order valence-electron chi connectivity index (χ3n) is 5.35. The Morgan fingerprint density at radius 1 is 0.897 bits per heavy atom.